The monoisotopic (exact) mass is 194 g/mol. The molecule has 1 aromatic rings. The predicted octanol–water partition coefficient (Wildman–Crippen LogP) is 1.10. The molecule has 4 heteroatoms. The van der Waals surface area contributed by atoms with Crippen molar-refractivity contribution in [2.24, 2.45) is 7.05 Å². The molecular formula is C10H14N2O2. The van der Waals surface area contributed by atoms with Crippen molar-refractivity contribution < 1.29 is 9.90 Å². The zero-order chi connectivity index (χ0) is 10.3. The molecule has 1 N–H and O–H groups in total. The van der Waals surface area contributed by atoms with Crippen LogP contribution in [0.3, 0.4) is 0 Å². The molecule has 0 saturated heterocycles. The molecule has 0 aromatic carbocycles. The molecule has 0 amide bonds. The van der Waals surface area contributed by atoms with Crippen molar-refractivity contribution in [1.82, 2.24) is 9.55 Å². The van der Waals surface area contributed by atoms with E-state index in [1.807, 2.05) is 18.5 Å². The Morgan fingerprint density at radius 1 is 1.71 bits per heavy atom. The highest BCUT2D eigenvalue weighted by Gasteiger charge is 2.33. The number of hydrogen-bond acceptors (Lipinski definition) is 2. The van der Waals surface area contributed by atoms with E-state index in [0.29, 0.717) is 6.42 Å². The molecular weight excluding hydrogens is 180 g/mol. The summed E-state index contributed by atoms with van der Waals surface area (Å²) in [5.41, 5.74) is 1.89. The molecule has 14 heavy (non-hydrogen) atoms. The van der Waals surface area contributed by atoms with Gasteiger partial charge < -0.3 is 9.67 Å². The molecule has 1 aliphatic rings. The molecule has 1 heterocycles. The highest BCUT2D eigenvalue weighted by atomic mass is 16.4. The summed E-state index contributed by atoms with van der Waals surface area (Å²) < 4.78 is 2.04. The lowest BCUT2D eigenvalue weighted by Gasteiger charge is -2.01. The average molecular weight is 194 g/mol. The Morgan fingerprint density at radius 2 is 2.43 bits per heavy atom. The molecule has 0 aliphatic heterocycles. The van der Waals surface area contributed by atoms with E-state index in [2.05, 4.69) is 4.98 Å². The first kappa shape index (κ1) is 9.24. The Labute approximate surface area is 82.6 Å². The van der Waals surface area contributed by atoms with E-state index in [4.69, 9.17) is 5.11 Å². The number of carboxylic acid groups (broad SMARTS) is 1. The summed E-state index contributed by atoms with van der Waals surface area (Å²) >= 11 is 0. The van der Waals surface area contributed by atoms with Gasteiger partial charge in [-0.1, -0.05) is 6.92 Å². The van der Waals surface area contributed by atoms with Gasteiger partial charge in [0.1, 0.15) is 11.7 Å². The summed E-state index contributed by atoms with van der Waals surface area (Å²) in [6.07, 6.45) is 2.40. The molecule has 0 bridgehead atoms. The quantitative estimate of drug-likeness (QED) is 0.767. The summed E-state index contributed by atoms with van der Waals surface area (Å²) in [5, 5.41) is 8.98. The van der Waals surface area contributed by atoms with Gasteiger partial charge >= 0.3 is 5.97 Å². The van der Waals surface area contributed by atoms with Gasteiger partial charge in [-0.2, -0.15) is 0 Å². The number of aliphatic carboxylic acids is 1. The second-order valence-electron chi connectivity index (χ2n) is 3.70. The van der Waals surface area contributed by atoms with E-state index in [1.54, 1.807) is 0 Å². The number of hydrogen-bond donors (Lipinski definition) is 1. The number of fused-ring (bicyclic) bond motifs is 1. The zero-order valence-electron chi connectivity index (χ0n) is 8.45. The van der Waals surface area contributed by atoms with Crippen molar-refractivity contribution in [3.8, 4) is 0 Å². The summed E-state index contributed by atoms with van der Waals surface area (Å²) in [7, 11) is 1.97. The maximum absolute atomic E-state index is 10.9. The van der Waals surface area contributed by atoms with Gasteiger partial charge in [0, 0.05) is 19.2 Å². The van der Waals surface area contributed by atoms with Crippen LogP contribution in [0.4, 0.5) is 0 Å². The van der Waals surface area contributed by atoms with Gasteiger partial charge in [-0.25, -0.2) is 4.98 Å². The second-order valence-corrected chi connectivity index (χ2v) is 3.70. The first-order valence-electron chi connectivity index (χ1n) is 4.92. The highest BCUT2D eigenvalue weighted by molar-refractivity contribution is 5.76. The maximum Gasteiger partial charge on any atom is 0.312 e. The van der Waals surface area contributed by atoms with Crippen molar-refractivity contribution in [2.75, 3.05) is 0 Å². The highest BCUT2D eigenvalue weighted by Crippen LogP contribution is 2.32. The Morgan fingerprint density at radius 3 is 3.00 bits per heavy atom. The minimum Gasteiger partial charge on any atom is -0.481 e. The van der Waals surface area contributed by atoms with Crippen molar-refractivity contribution in [1.29, 1.82) is 0 Å². The van der Waals surface area contributed by atoms with Gasteiger partial charge in [0.05, 0.1) is 5.69 Å². The largest absolute Gasteiger partial charge is 0.481 e. The van der Waals surface area contributed by atoms with Gasteiger partial charge in [0.25, 0.3) is 0 Å². The standard InChI is InChI=1S/C10H14N2O2/c1-3-8-11-9-6(10(13)14)4-5-7(9)12(8)2/h6H,3-5H2,1-2H3,(H,13,14). The molecule has 76 valence electrons. The van der Waals surface area contributed by atoms with Crippen molar-refractivity contribution in [3.63, 3.8) is 0 Å². The van der Waals surface area contributed by atoms with Crippen molar-refractivity contribution >= 4 is 5.97 Å². The van der Waals surface area contributed by atoms with Gasteiger partial charge in [-0.15, -0.1) is 0 Å². The van der Waals surface area contributed by atoms with E-state index < -0.39 is 5.97 Å². The molecule has 0 spiro atoms. The van der Waals surface area contributed by atoms with Crippen LogP contribution >= 0.6 is 0 Å². The third kappa shape index (κ3) is 1.14. The number of nitrogens with zero attached hydrogens (tertiary/aromatic N) is 2. The van der Waals surface area contributed by atoms with Crippen LogP contribution in [0.1, 0.15) is 36.5 Å². The number of rotatable bonds is 2. The molecule has 0 fully saturated rings. The van der Waals surface area contributed by atoms with Gasteiger partial charge in [-0.05, 0) is 12.8 Å². The van der Waals surface area contributed by atoms with Crippen LogP contribution in [-0.4, -0.2) is 20.6 Å². The van der Waals surface area contributed by atoms with E-state index >= 15 is 0 Å². The maximum atomic E-state index is 10.9. The fourth-order valence-corrected chi connectivity index (χ4v) is 2.16. The minimum atomic E-state index is -0.746. The predicted molar refractivity (Wildman–Crippen MR) is 51.3 cm³/mol. The number of aryl methyl sites for hydroxylation is 1. The Balaban J connectivity index is 2.45. The molecule has 0 radical (unpaired) electrons. The normalized spacial score (nSPS) is 19.7. The summed E-state index contributed by atoms with van der Waals surface area (Å²) in [5.74, 6) is -0.137. The number of aromatic nitrogens is 2. The molecule has 1 unspecified atom stereocenters. The number of carboxylic acids is 1. The summed E-state index contributed by atoms with van der Waals surface area (Å²) in [4.78, 5) is 15.3. The van der Waals surface area contributed by atoms with E-state index in [1.165, 1.54) is 0 Å². The number of carbonyl (C=O) groups is 1. The van der Waals surface area contributed by atoms with Crippen LogP contribution in [-0.2, 0) is 24.7 Å². The Bertz CT molecular complexity index is 382. The third-order valence-electron chi connectivity index (χ3n) is 2.95. The van der Waals surface area contributed by atoms with E-state index in [-0.39, 0.29) is 5.92 Å². The molecule has 2 rings (SSSR count). The lowest BCUT2D eigenvalue weighted by atomic mass is 10.1. The summed E-state index contributed by atoms with van der Waals surface area (Å²) in [6, 6.07) is 0. The first-order valence-corrected chi connectivity index (χ1v) is 4.92. The molecule has 1 atom stereocenters. The van der Waals surface area contributed by atoms with Crippen LogP contribution in [0.25, 0.3) is 0 Å². The molecule has 4 nitrogen and oxygen atoms in total. The molecule has 1 aliphatic carbocycles. The lowest BCUT2D eigenvalue weighted by molar-refractivity contribution is -0.138. The third-order valence-corrected chi connectivity index (χ3v) is 2.95. The fraction of sp³-hybridized carbons (Fsp3) is 0.600. The Kier molecular flexibility index (Phi) is 2.06. The van der Waals surface area contributed by atoms with Crippen molar-refractivity contribution in [3.05, 3.63) is 17.2 Å². The van der Waals surface area contributed by atoms with E-state index in [9.17, 15) is 4.79 Å². The van der Waals surface area contributed by atoms with E-state index in [0.717, 1.165) is 30.1 Å². The number of imidazole rings is 1. The van der Waals surface area contributed by atoms with Crippen LogP contribution in [0.5, 0.6) is 0 Å². The minimum absolute atomic E-state index is 0.378. The van der Waals surface area contributed by atoms with Gasteiger partial charge in [0.2, 0.25) is 0 Å². The molecule has 1 aromatic heterocycles. The van der Waals surface area contributed by atoms with Crippen LogP contribution in [0.15, 0.2) is 0 Å². The topological polar surface area (TPSA) is 55.1 Å². The zero-order valence-corrected chi connectivity index (χ0v) is 8.45. The smallest absolute Gasteiger partial charge is 0.312 e. The van der Waals surface area contributed by atoms with Crippen molar-refractivity contribution in [2.45, 2.75) is 32.1 Å². The van der Waals surface area contributed by atoms with Gasteiger partial charge in [0.15, 0.2) is 0 Å². The second kappa shape index (κ2) is 3.12. The summed E-state index contributed by atoms with van der Waals surface area (Å²) in [6.45, 7) is 2.03. The lowest BCUT2D eigenvalue weighted by Crippen LogP contribution is -2.08. The fourth-order valence-electron chi connectivity index (χ4n) is 2.16. The van der Waals surface area contributed by atoms with Crippen LogP contribution in [0.2, 0.25) is 0 Å². The Hall–Kier alpha value is -1.32. The average Bonchev–Trinajstić information content (AvgIpc) is 2.66. The van der Waals surface area contributed by atoms with Crippen LogP contribution < -0.4 is 0 Å². The SMILES string of the molecule is CCc1nc2c(n1C)CCC2C(=O)O. The van der Waals surface area contributed by atoms with Crippen LogP contribution in [0, 0.1) is 0 Å². The molecule has 0 saturated carbocycles. The first-order chi connectivity index (χ1) is 6.65. The van der Waals surface area contributed by atoms with Gasteiger partial charge in [-0.3, -0.25) is 4.79 Å².